The number of nitrogens with zero attached hydrogens (tertiary/aromatic N) is 1. The van der Waals surface area contributed by atoms with Crippen molar-refractivity contribution in [3.05, 3.63) is 35.1 Å². The van der Waals surface area contributed by atoms with Gasteiger partial charge in [0.25, 0.3) is 5.91 Å². The number of ether oxygens (including phenoxy) is 1. The normalized spacial score (nSPS) is 18.5. The summed E-state index contributed by atoms with van der Waals surface area (Å²) in [4.78, 5) is 25.1. The predicted octanol–water partition coefficient (Wildman–Crippen LogP) is 1.77. The van der Waals surface area contributed by atoms with Crippen LogP contribution in [0.4, 0.5) is 4.39 Å². The van der Waals surface area contributed by atoms with E-state index in [1.807, 2.05) is 0 Å². The highest BCUT2D eigenvalue weighted by molar-refractivity contribution is 5.95. The van der Waals surface area contributed by atoms with Gasteiger partial charge in [0, 0.05) is 13.1 Å². The lowest BCUT2D eigenvalue weighted by atomic mass is 10.1. The van der Waals surface area contributed by atoms with Crippen molar-refractivity contribution in [2.45, 2.75) is 13.3 Å². The van der Waals surface area contributed by atoms with Crippen molar-refractivity contribution in [1.29, 1.82) is 0 Å². The smallest absolute Gasteiger partial charge is 0.310 e. The molecule has 0 bridgehead atoms. The number of carbonyl (C=O) groups is 2. The zero-order valence-electron chi connectivity index (χ0n) is 11.0. The molecule has 102 valence electrons. The van der Waals surface area contributed by atoms with Crippen LogP contribution in [0.1, 0.15) is 22.3 Å². The van der Waals surface area contributed by atoms with E-state index in [2.05, 4.69) is 4.74 Å². The number of aryl methyl sites for hydroxylation is 1. The van der Waals surface area contributed by atoms with Gasteiger partial charge < -0.3 is 9.64 Å². The van der Waals surface area contributed by atoms with Gasteiger partial charge in [0.05, 0.1) is 18.6 Å². The first kappa shape index (κ1) is 13.5. The molecule has 1 aromatic carbocycles. The number of benzene rings is 1. The fraction of sp³-hybridized carbons (Fsp3) is 0.429. The largest absolute Gasteiger partial charge is 0.469 e. The Morgan fingerprint density at radius 2 is 2.16 bits per heavy atom. The van der Waals surface area contributed by atoms with Crippen LogP contribution in [-0.2, 0) is 9.53 Å². The molecule has 0 saturated carbocycles. The lowest BCUT2D eigenvalue weighted by Gasteiger charge is -2.16. The average molecular weight is 265 g/mol. The highest BCUT2D eigenvalue weighted by Crippen LogP contribution is 2.21. The number of rotatable bonds is 2. The number of carbonyl (C=O) groups excluding carboxylic acids is 2. The van der Waals surface area contributed by atoms with Crippen molar-refractivity contribution < 1.29 is 18.7 Å². The van der Waals surface area contributed by atoms with Gasteiger partial charge in [-0.1, -0.05) is 11.6 Å². The number of methoxy groups -OCH3 is 1. The molecule has 0 aromatic heterocycles. The average Bonchev–Trinajstić information content (AvgIpc) is 2.89. The fourth-order valence-electron chi connectivity index (χ4n) is 2.28. The van der Waals surface area contributed by atoms with Gasteiger partial charge in [0.15, 0.2) is 0 Å². The summed E-state index contributed by atoms with van der Waals surface area (Å²) in [6, 6.07) is 4.44. The topological polar surface area (TPSA) is 46.6 Å². The van der Waals surface area contributed by atoms with Gasteiger partial charge in [-0.2, -0.15) is 0 Å². The molecule has 1 heterocycles. The van der Waals surface area contributed by atoms with Gasteiger partial charge in [-0.05, 0) is 25.5 Å². The summed E-state index contributed by atoms with van der Waals surface area (Å²) in [6.45, 7) is 2.54. The van der Waals surface area contributed by atoms with Crippen molar-refractivity contribution in [1.82, 2.24) is 4.90 Å². The first-order chi connectivity index (χ1) is 9.02. The van der Waals surface area contributed by atoms with Gasteiger partial charge >= 0.3 is 5.97 Å². The lowest BCUT2D eigenvalue weighted by Crippen LogP contribution is -2.30. The van der Waals surface area contributed by atoms with E-state index in [0.717, 1.165) is 5.56 Å². The minimum absolute atomic E-state index is 0.0607. The fourth-order valence-corrected chi connectivity index (χ4v) is 2.28. The Labute approximate surface area is 111 Å². The number of likely N-dealkylation sites (tertiary alicyclic amines) is 1. The summed E-state index contributed by atoms with van der Waals surface area (Å²) in [7, 11) is 1.33. The molecule has 1 aliphatic rings. The van der Waals surface area contributed by atoms with Crippen LogP contribution in [0.2, 0.25) is 0 Å². The van der Waals surface area contributed by atoms with Crippen LogP contribution in [0.3, 0.4) is 0 Å². The van der Waals surface area contributed by atoms with Crippen LogP contribution in [0, 0.1) is 18.7 Å². The summed E-state index contributed by atoms with van der Waals surface area (Å²) in [5.41, 5.74) is 0.888. The number of esters is 1. The second-order valence-corrected chi connectivity index (χ2v) is 4.74. The molecule has 1 amide bonds. The van der Waals surface area contributed by atoms with Crippen molar-refractivity contribution in [2.75, 3.05) is 20.2 Å². The minimum atomic E-state index is -0.530. The Morgan fingerprint density at radius 1 is 1.42 bits per heavy atom. The molecule has 0 aliphatic carbocycles. The third-order valence-electron chi connectivity index (χ3n) is 3.36. The van der Waals surface area contributed by atoms with Crippen molar-refractivity contribution >= 4 is 11.9 Å². The third kappa shape index (κ3) is 2.75. The van der Waals surface area contributed by atoms with Gasteiger partial charge in [-0.25, -0.2) is 4.39 Å². The molecule has 19 heavy (non-hydrogen) atoms. The molecule has 0 spiro atoms. The van der Waals surface area contributed by atoms with E-state index in [9.17, 15) is 14.0 Å². The van der Waals surface area contributed by atoms with Crippen LogP contribution in [0.25, 0.3) is 0 Å². The molecule has 1 unspecified atom stereocenters. The standard InChI is InChI=1S/C14H16FNO3/c1-9-3-4-12(15)11(7-9)13(17)16-6-5-10(8-16)14(18)19-2/h3-4,7,10H,5-6,8H2,1-2H3. The van der Waals surface area contributed by atoms with Crippen molar-refractivity contribution in [3.8, 4) is 0 Å². The Bertz CT molecular complexity index is 515. The molecule has 0 radical (unpaired) electrons. The molecular formula is C14H16FNO3. The maximum Gasteiger partial charge on any atom is 0.310 e. The van der Waals surface area contributed by atoms with Crippen LogP contribution in [0.15, 0.2) is 18.2 Å². The summed E-state index contributed by atoms with van der Waals surface area (Å²) in [5.74, 6) is -1.52. The van der Waals surface area contributed by atoms with E-state index < -0.39 is 5.82 Å². The Kier molecular flexibility index (Phi) is 3.83. The molecule has 1 fully saturated rings. The van der Waals surface area contributed by atoms with Crippen molar-refractivity contribution in [2.24, 2.45) is 5.92 Å². The predicted molar refractivity (Wildman–Crippen MR) is 67.2 cm³/mol. The number of halogens is 1. The SMILES string of the molecule is COC(=O)C1CCN(C(=O)c2cc(C)ccc2F)C1. The summed E-state index contributed by atoms with van der Waals surface area (Å²) in [6.07, 6.45) is 0.561. The summed E-state index contributed by atoms with van der Waals surface area (Å²) in [5, 5.41) is 0. The van der Waals surface area contributed by atoms with Gasteiger partial charge in [-0.15, -0.1) is 0 Å². The van der Waals surface area contributed by atoms with Crippen LogP contribution in [0.5, 0.6) is 0 Å². The molecule has 0 N–H and O–H groups in total. The maximum atomic E-state index is 13.7. The third-order valence-corrected chi connectivity index (χ3v) is 3.36. The van der Waals surface area contributed by atoms with E-state index in [1.54, 1.807) is 13.0 Å². The monoisotopic (exact) mass is 265 g/mol. The zero-order valence-corrected chi connectivity index (χ0v) is 11.0. The maximum absolute atomic E-state index is 13.7. The van der Waals surface area contributed by atoms with E-state index >= 15 is 0 Å². The van der Waals surface area contributed by atoms with E-state index in [1.165, 1.54) is 24.1 Å². The van der Waals surface area contributed by atoms with Gasteiger partial charge in [0.1, 0.15) is 5.82 Å². The van der Waals surface area contributed by atoms with E-state index in [0.29, 0.717) is 19.5 Å². The summed E-state index contributed by atoms with van der Waals surface area (Å²) >= 11 is 0. The highest BCUT2D eigenvalue weighted by Gasteiger charge is 2.32. The van der Waals surface area contributed by atoms with Gasteiger partial charge in [-0.3, -0.25) is 9.59 Å². The van der Waals surface area contributed by atoms with Crippen LogP contribution >= 0.6 is 0 Å². The van der Waals surface area contributed by atoms with E-state index in [4.69, 9.17) is 0 Å². The number of hydrogen-bond donors (Lipinski definition) is 0. The molecule has 5 heteroatoms. The quantitative estimate of drug-likeness (QED) is 0.766. The number of amides is 1. The minimum Gasteiger partial charge on any atom is -0.469 e. The van der Waals surface area contributed by atoms with E-state index in [-0.39, 0.29) is 23.4 Å². The van der Waals surface area contributed by atoms with Crippen molar-refractivity contribution in [3.63, 3.8) is 0 Å². The molecule has 1 saturated heterocycles. The Hall–Kier alpha value is -1.91. The van der Waals surface area contributed by atoms with Gasteiger partial charge in [0.2, 0.25) is 0 Å². The van der Waals surface area contributed by atoms with Crippen LogP contribution in [-0.4, -0.2) is 37.0 Å². The highest BCUT2D eigenvalue weighted by atomic mass is 19.1. The zero-order chi connectivity index (χ0) is 14.0. The first-order valence-electron chi connectivity index (χ1n) is 6.16. The molecule has 1 aliphatic heterocycles. The molecular weight excluding hydrogens is 249 g/mol. The Balaban J connectivity index is 2.13. The summed E-state index contributed by atoms with van der Waals surface area (Å²) < 4.78 is 18.3. The van der Waals surface area contributed by atoms with Crippen LogP contribution < -0.4 is 0 Å². The molecule has 1 atom stereocenters. The Morgan fingerprint density at radius 3 is 2.84 bits per heavy atom. The number of hydrogen-bond acceptors (Lipinski definition) is 3. The molecule has 2 rings (SSSR count). The molecule has 4 nitrogen and oxygen atoms in total. The lowest BCUT2D eigenvalue weighted by molar-refractivity contribution is -0.144. The first-order valence-corrected chi connectivity index (χ1v) is 6.16. The molecule has 1 aromatic rings. The second kappa shape index (κ2) is 5.38. The second-order valence-electron chi connectivity index (χ2n) is 4.74.